The second-order valence-corrected chi connectivity index (χ2v) is 5.53. The molecule has 106 valence electrons. The van der Waals surface area contributed by atoms with Crippen molar-refractivity contribution in [1.29, 1.82) is 0 Å². The van der Waals surface area contributed by atoms with Crippen LogP contribution in [0.3, 0.4) is 0 Å². The van der Waals surface area contributed by atoms with Crippen molar-refractivity contribution in [3.8, 4) is 5.75 Å². The maximum Gasteiger partial charge on any atom is 0.171 e. The van der Waals surface area contributed by atoms with Crippen LogP contribution in [0.5, 0.6) is 5.75 Å². The fourth-order valence-corrected chi connectivity index (χ4v) is 2.44. The number of hydrogen-bond acceptors (Lipinski definition) is 2. The lowest BCUT2D eigenvalue weighted by atomic mass is 9.97. The van der Waals surface area contributed by atoms with Crippen LogP contribution in [0.1, 0.15) is 28.4 Å². The molecule has 0 saturated carbocycles. The van der Waals surface area contributed by atoms with E-state index >= 15 is 0 Å². The van der Waals surface area contributed by atoms with Gasteiger partial charge in [0.15, 0.2) is 11.6 Å². The van der Waals surface area contributed by atoms with Crippen LogP contribution >= 0.6 is 15.9 Å². The van der Waals surface area contributed by atoms with Crippen molar-refractivity contribution in [1.82, 2.24) is 0 Å². The van der Waals surface area contributed by atoms with Gasteiger partial charge in [0.1, 0.15) is 6.10 Å². The Balaban J connectivity index is 2.49. The Kier molecular flexibility index (Phi) is 4.45. The Bertz CT molecular complexity index is 617. The predicted octanol–water partition coefficient (Wildman–Crippen LogP) is 4.30. The Morgan fingerprint density at radius 3 is 2.35 bits per heavy atom. The van der Waals surface area contributed by atoms with E-state index in [9.17, 15) is 9.50 Å². The molecule has 2 aromatic carbocycles. The zero-order valence-corrected chi connectivity index (χ0v) is 13.2. The molecule has 1 unspecified atom stereocenters. The minimum absolute atomic E-state index is 0.132. The van der Waals surface area contributed by atoms with Crippen molar-refractivity contribution in [3.05, 3.63) is 62.9 Å². The molecule has 0 aromatic heterocycles. The van der Waals surface area contributed by atoms with E-state index in [1.54, 1.807) is 12.1 Å². The van der Waals surface area contributed by atoms with Crippen molar-refractivity contribution >= 4 is 15.9 Å². The number of aliphatic hydroxyl groups is 1. The van der Waals surface area contributed by atoms with E-state index < -0.39 is 11.9 Å². The Morgan fingerprint density at radius 2 is 1.80 bits per heavy atom. The minimum Gasteiger partial charge on any atom is -0.494 e. The predicted molar refractivity (Wildman–Crippen MR) is 80.6 cm³/mol. The van der Waals surface area contributed by atoms with Crippen LogP contribution in [-0.2, 0) is 0 Å². The molecule has 2 nitrogen and oxygen atoms in total. The van der Waals surface area contributed by atoms with Gasteiger partial charge in [-0.05, 0) is 36.6 Å². The van der Waals surface area contributed by atoms with E-state index in [1.165, 1.54) is 13.2 Å². The first-order valence-electron chi connectivity index (χ1n) is 6.22. The third-order valence-corrected chi connectivity index (χ3v) is 4.53. The smallest absolute Gasteiger partial charge is 0.171 e. The number of methoxy groups -OCH3 is 1. The zero-order chi connectivity index (χ0) is 14.9. The molecule has 0 spiro atoms. The Labute approximate surface area is 126 Å². The third kappa shape index (κ3) is 2.72. The standard InChI is InChI=1S/C16H16BrFO2/c1-9-7-11(8-10(2)14(9)17)16(19)12-5-4-6-13(20-3)15(12)18/h4-8,16,19H,1-3H3. The number of aliphatic hydroxyl groups excluding tert-OH is 1. The van der Waals surface area contributed by atoms with Crippen molar-refractivity contribution in [2.45, 2.75) is 20.0 Å². The maximum absolute atomic E-state index is 14.2. The van der Waals surface area contributed by atoms with E-state index in [0.717, 1.165) is 15.6 Å². The van der Waals surface area contributed by atoms with Gasteiger partial charge in [0.05, 0.1) is 7.11 Å². The molecule has 0 aliphatic heterocycles. The SMILES string of the molecule is COc1cccc(C(O)c2cc(C)c(Br)c(C)c2)c1F. The molecule has 0 aliphatic carbocycles. The summed E-state index contributed by atoms with van der Waals surface area (Å²) in [5, 5.41) is 10.4. The number of halogens is 2. The summed E-state index contributed by atoms with van der Waals surface area (Å²) in [7, 11) is 1.41. The summed E-state index contributed by atoms with van der Waals surface area (Å²) in [6, 6.07) is 8.46. The first-order chi connectivity index (χ1) is 9.45. The highest BCUT2D eigenvalue weighted by Crippen LogP contribution is 2.32. The fraction of sp³-hybridized carbons (Fsp3) is 0.250. The number of aryl methyl sites for hydroxylation is 2. The van der Waals surface area contributed by atoms with Crippen molar-refractivity contribution in [3.63, 3.8) is 0 Å². The number of rotatable bonds is 3. The second-order valence-electron chi connectivity index (χ2n) is 4.73. The third-order valence-electron chi connectivity index (χ3n) is 3.28. The van der Waals surface area contributed by atoms with Gasteiger partial charge >= 0.3 is 0 Å². The summed E-state index contributed by atoms with van der Waals surface area (Å²) in [5.74, 6) is -0.396. The maximum atomic E-state index is 14.2. The molecule has 20 heavy (non-hydrogen) atoms. The number of hydrogen-bond donors (Lipinski definition) is 1. The van der Waals surface area contributed by atoms with Gasteiger partial charge in [0, 0.05) is 10.0 Å². The van der Waals surface area contributed by atoms with Crippen LogP contribution in [0.15, 0.2) is 34.8 Å². The summed E-state index contributed by atoms with van der Waals surface area (Å²) in [5.41, 5.74) is 2.88. The molecule has 0 amide bonds. The van der Waals surface area contributed by atoms with Gasteiger partial charge in [-0.3, -0.25) is 0 Å². The van der Waals surface area contributed by atoms with Gasteiger partial charge in [-0.25, -0.2) is 4.39 Å². The Hall–Kier alpha value is -1.39. The normalized spacial score (nSPS) is 12.3. The van der Waals surface area contributed by atoms with Crippen LogP contribution in [0, 0.1) is 19.7 Å². The molecule has 0 heterocycles. The average Bonchev–Trinajstić information content (AvgIpc) is 2.43. The molecular formula is C16H16BrFO2. The molecule has 0 fully saturated rings. The summed E-state index contributed by atoms with van der Waals surface area (Å²) >= 11 is 3.48. The van der Waals surface area contributed by atoms with Crippen LogP contribution in [-0.4, -0.2) is 12.2 Å². The van der Waals surface area contributed by atoms with Gasteiger partial charge in [-0.1, -0.05) is 40.2 Å². The lowest BCUT2D eigenvalue weighted by Crippen LogP contribution is -2.05. The zero-order valence-electron chi connectivity index (χ0n) is 11.6. The molecule has 2 rings (SSSR count). The van der Waals surface area contributed by atoms with Gasteiger partial charge in [0.2, 0.25) is 0 Å². The summed E-state index contributed by atoms with van der Waals surface area (Å²) in [4.78, 5) is 0. The van der Waals surface area contributed by atoms with E-state index in [0.29, 0.717) is 5.56 Å². The summed E-state index contributed by atoms with van der Waals surface area (Å²) in [6.45, 7) is 3.88. The Morgan fingerprint density at radius 1 is 1.20 bits per heavy atom. The van der Waals surface area contributed by atoms with Crippen LogP contribution in [0.2, 0.25) is 0 Å². The van der Waals surface area contributed by atoms with Crippen molar-refractivity contribution < 1.29 is 14.2 Å². The molecule has 4 heteroatoms. The first-order valence-corrected chi connectivity index (χ1v) is 7.02. The van der Waals surface area contributed by atoms with Gasteiger partial charge < -0.3 is 9.84 Å². The summed E-state index contributed by atoms with van der Waals surface area (Å²) < 4.78 is 20.1. The van der Waals surface area contributed by atoms with Crippen molar-refractivity contribution in [2.24, 2.45) is 0 Å². The van der Waals surface area contributed by atoms with E-state index in [4.69, 9.17) is 4.74 Å². The fourth-order valence-electron chi connectivity index (χ4n) is 2.21. The number of ether oxygens (including phenoxy) is 1. The summed E-state index contributed by atoms with van der Waals surface area (Å²) in [6.07, 6.45) is -1.02. The molecular weight excluding hydrogens is 323 g/mol. The molecule has 2 aromatic rings. The van der Waals surface area contributed by atoms with E-state index in [2.05, 4.69) is 15.9 Å². The average molecular weight is 339 g/mol. The highest BCUT2D eigenvalue weighted by Gasteiger charge is 2.19. The quantitative estimate of drug-likeness (QED) is 0.904. The molecule has 1 N–H and O–H groups in total. The molecule has 0 aliphatic rings. The first kappa shape index (κ1) is 15.0. The molecule has 1 atom stereocenters. The topological polar surface area (TPSA) is 29.5 Å². The lowest BCUT2D eigenvalue weighted by molar-refractivity contribution is 0.213. The highest BCUT2D eigenvalue weighted by molar-refractivity contribution is 9.10. The van der Waals surface area contributed by atoms with Gasteiger partial charge in [-0.2, -0.15) is 0 Å². The molecule has 0 saturated heterocycles. The highest BCUT2D eigenvalue weighted by atomic mass is 79.9. The van der Waals surface area contributed by atoms with Crippen LogP contribution in [0.25, 0.3) is 0 Å². The van der Waals surface area contributed by atoms with Gasteiger partial charge in [-0.15, -0.1) is 0 Å². The lowest BCUT2D eigenvalue weighted by Gasteiger charge is -2.16. The monoisotopic (exact) mass is 338 g/mol. The molecule has 0 radical (unpaired) electrons. The molecule has 0 bridgehead atoms. The van der Waals surface area contributed by atoms with Crippen molar-refractivity contribution in [2.75, 3.05) is 7.11 Å². The van der Waals surface area contributed by atoms with Gasteiger partial charge in [0.25, 0.3) is 0 Å². The van der Waals surface area contributed by atoms with E-state index in [1.807, 2.05) is 26.0 Å². The largest absolute Gasteiger partial charge is 0.494 e. The van der Waals surface area contributed by atoms with E-state index in [-0.39, 0.29) is 11.3 Å². The number of benzene rings is 2. The minimum atomic E-state index is -1.02. The van der Waals surface area contributed by atoms with Crippen LogP contribution in [0.4, 0.5) is 4.39 Å². The van der Waals surface area contributed by atoms with Crippen LogP contribution < -0.4 is 4.74 Å². The second kappa shape index (κ2) is 5.94.